The zero-order valence-corrected chi connectivity index (χ0v) is 11.9. The Hall–Kier alpha value is -0.820. The van der Waals surface area contributed by atoms with Crippen LogP contribution in [0.5, 0.6) is 11.5 Å². The highest BCUT2D eigenvalue weighted by atomic mass is 79.9. The van der Waals surface area contributed by atoms with Gasteiger partial charge in [0.2, 0.25) is 0 Å². The number of ether oxygens (including phenoxy) is 4. The van der Waals surface area contributed by atoms with Crippen LogP contribution in [0.1, 0.15) is 11.9 Å². The van der Waals surface area contributed by atoms with E-state index in [4.69, 9.17) is 24.7 Å². The van der Waals surface area contributed by atoms with Crippen LogP contribution < -0.4 is 15.2 Å². The van der Waals surface area contributed by atoms with Crippen LogP contribution in [0, 0.1) is 0 Å². The van der Waals surface area contributed by atoms with Crippen LogP contribution in [0.4, 0.5) is 0 Å². The molecule has 1 heterocycles. The molecule has 2 unspecified atom stereocenters. The molecule has 2 rings (SSSR count). The van der Waals surface area contributed by atoms with Crippen molar-refractivity contribution in [1.29, 1.82) is 0 Å². The molecule has 1 saturated heterocycles. The first-order valence-corrected chi connectivity index (χ1v) is 6.37. The van der Waals surface area contributed by atoms with Crippen LogP contribution in [-0.4, -0.2) is 33.5 Å². The molecule has 1 aliphatic rings. The summed E-state index contributed by atoms with van der Waals surface area (Å²) in [5, 5.41) is 0. The van der Waals surface area contributed by atoms with Crippen LogP contribution in [0.2, 0.25) is 0 Å². The van der Waals surface area contributed by atoms with Crippen molar-refractivity contribution >= 4 is 15.9 Å². The van der Waals surface area contributed by atoms with E-state index in [-0.39, 0.29) is 6.10 Å². The quantitative estimate of drug-likeness (QED) is 0.918. The van der Waals surface area contributed by atoms with Crippen molar-refractivity contribution in [3.8, 4) is 11.5 Å². The van der Waals surface area contributed by atoms with E-state index in [2.05, 4.69) is 15.9 Å². The van der Waals surface area contributed by atoms with Crippen LogP contribution in [0.25, 0.3) is 0 Å². The molecule has 6 heteroatoms. The van der Waals surface area contributed by atoms with Gasteiger partial charge in [0.25, 0.3) is 0 Å². The first-order valence-electron chi connectivity index (χ1n) is 5.58. The van der Waals surface area contributed by atoms with Gasteiger partial charge in [0.15, 0.2) is 17.8 Å². The van der Waals surface area contributed by atoms with Crippen molar-refractivity contribution in [1.82, 2.24) is 0 Å². The minimum atomic E-state index is -0.423. The summed E-state index contributed by atoms with van der Waals surface area (Å²) < 4.78 is 22.6. The second-order valence-electron chi connectivity index (χ2n) is 3.89. The molecule has 0 bridgehead atoms. The first-order chi connectivity index (χ1) is 8.69. The fourth-order valence-electron chi connectivity index (χ4n) is 1.79. The summed E-state index contributed by atoms with van der Waals surface area (Å²) >= 11 is 3.48. The van der Waals surface area contributed by atoms with Crippen LogP contribution in [-0.2, 0) is 9.47 Å². The third-order valence-corrected chi connectivity index (χ3v) is 3.46. The maximum atomic E-state index is 5.68. The summed E-state index contributed by atoms with van der Waals surface area (Å²) in [6.45, 7) is 0.948. The van der Waals surface area contributed by atoms with Gasteiger partial charge in [0.05, 0.1) is 26.9 Å². The summed E-state index contributed by atoms with van der Waals surface area (Å²) in [4.78, 5) is 0. The normalized spacial score (nSPS) is 23.1. The minimum Gasteiger partial charge on any atom is -0.493 e. The molecule has 0 saturated carbocycles. The van der Waals surface area contributed by atoms with Gasteiger partial charge in [-0.25, -0.2) is 0 Å². The van der Waals surface area contributed by atoms with E-state index in [0.717, 1.165) is 10.0 Å². The van der Waals surface area contributed by atoms with E-state index in [1.165, 1.54) is 0 Å². The molecule has 5 nitrogen and oxygen atoms in total. The van der Waals surface area contributed by atoms with Crippen molar-refractivity contribution in [2.75, 3.05) is 27.4 Å². The van der Waals surface area contributed by atoms with Crippen LogP contribution >= 0.6 is 15.9 Å². The van der Waals surface area contributed by atoms with Gasteiger partial charge >= 0.3 is 0 Å². The molecular weight excluding hydrogens is 302 g/mol. The Balaban J connectivity index is 2.28. The standard InChI is InChI=1S/C12H16BrNO4/c1-15-10-3-8(9(13)4-11(10)16-2)12-17-6-7(5-14)18-12/h3-4,7,12H,5-6,14H2,1-2H3. The van der Waals surface area contributed by atoms with Crippen molar-refractivity contribution < 1.29 is 18.9 Å². The highest BCUT2D eigenvalue weighted by molar-refractivity contribution is 9.10. The molecule has 0 aromatic heterocycles. The van der Waals surface area contributed by atoms with Gasteiger partial charge in [-0.1, -0.05) is 15.9 Å². The highest BCUT2D eigenvalue weighted by Crippen LogP contribution is 2.39. The van der Waals surface area contributed by atoms with E-state index in [1.807, 2.05) is 12.1 Å². The number of benzene rings is 1. The zero-order valence-electron chi connectivity index (χ0n) is 10.3. The Kier molecular flexibility index (Phi) is 4.45. The van der Waals surface area contributed by atoms with E-state index < -0.39 is 6.29 Å². The number of nitrogens with two attached hydrogens (primary N) is 1. The Morgan fingerprint density at radius 2 is 2.00 bits per heavy atom. The average Bonchev–Trinajstić information content (AvgIpc) is 2.86. The van der Waals surface area contributed by atoms with Crippen molar-refractivity contribution in [3.05, 3.63) is 22.2 Å². The van der Waals surface area contributed by atoms with Gasteiger partial charge < -0.3 is 24.7 Å². The van der Waals surface area contributed by atoms with E-state index in [9.17, 15) is 0 Å². The highest BCUT2D eigenvalue weighted by Gasteiger charge is 2.28. The lowest BCUT2D eigenvalue weighted by molar-refractivity contribution is -0.0591. The lowest BCUT2D eigenvalue weighted by Crippen LogP contribution is -2.21. The molecule has 0 aliphatic carbocycles. The second kappa shape index (κ2) is 5.88. The van der Waals surface area contributed by atoms with Crippen molar-refractivity contribution in [2.45, 2.75) is 12.4 Å². The topological polar surface area (TPSA) is 62.9 Å². The predicted molar refractivity (Wildman–Crippen MR) is 69.9 cm³/mol. The molecule has 1 aliphatic heterocycles. The molecular formula is C12H16BrNO4. The summed E-state index contributed by atoms with van der Waals surface area (Å²) in [5.41, 5.74) is 6.42. The number of halogens is 1. The monoisotopic (exact) mass is 317 g/mol. The fourth-order valence-corrected chi connectivity index (χ4v) is 2.29. The lowest BCUT2D eigenvalue weighted by atomic mass is 10.2. The third kappa shape index (κ3) is 2.61. The Bertz CT molecular complexity index is 427. The molecule has 2 N–H and O–H groups in total. The van der Waals surface area contributed by atoms with Gasteiger partial charge in [0.1, 0.15) is 0 Å². The maximum Gasteiger partial charge on any atom is 0.185 e. The van der Waals surface area contributed by atoms with E-state index >= 15 is 0 Å². The van der Waals surface area contributed by atoms with Crippen LogP contribution in [0.15, 0.2) is 16.6 Å². The molecule has 1 aromatic carbocycles. The maximum absolute atomic E-state index is 5.68. The van der Waals surface area contributed by atoms with Gasteiger partial charge in [-0.15, -0.1) is 0 Å². The van der Waals surface area contributed by atoms with Crippen molar-refractivity contribution in [2.24, 2.45) is 5.73 Å². The number of methoxy groups -OCH3 is 2. The molecule has 18 heavy (non-hydrogen) atoms. The number of rotatable bonds is 4. The van der Waals surface area contributed by atoms with E-state index in [0.29, 0.717) is 24.7 Å². The summed E-state index contributed by atoms with van der Waals surface area (Å²) in [7, 11) is 3.19. The average molecular weight is 318 g/mol. The number of hydrogen-bond donors (Lipinski definition) is 1. The second-order valence-corrected chi connectivity index (χ2v) is 4.74. The number of hydrogen-bond acceptors (Lipinski definition) is 5. The first kappa shape index (κ1) is 13.6. The minimum absolute atomic E-state index is 0.0602. The summed E-state index contributed by atoms with van der Waals surface area (Å²) in [6, 6.07) is 3.67. The smallest absolute Gasteiger partial charge is 0.185 e. The van der Waals surface area contributed by atoms with E-state index in [1.54, 1.807) is 14.2 Å². The largest absolute Gasteiger partial charge is 0.493 e. The van der Waals surface area contributed by atoms with Crippen molar-refractivity contribution in [3.63, 3.8) is 0 Å². The SMILES string of the molecule is COc1cc(Br)c(C2OCC(CN)O2)cc1OC. The van der Waals surface area contributed by atoms with Gasteiger partial charge in [-0.3, -0.25) is 0 Å². The predicted octanol–water partition coefficient (Wildman–Crippen LogP) is 1.84. The third-order valence-electron chi connectivity index (χ3n) is 2.77. The summed E-state index contributed by atoms with van der Waals surface area (Å²) in [6.07, 6.45) is -0.484. The molecule has 0 amide bonds. The molecule has 100 valence electrons. The molecule has 2 atom stereocenters. The van der Waals surface area contributed by atoms with Crippen LogP contribution in [0.3, 0.4) is 0 Å². The molecule has 0 spiro atoms. The Morgan fingerprint density at radius 3 is 2.56 bits per heavy atom. The Labute approximate surface area is 114 Å². The fraction of sp³-hybridized carbons (Fsp3) is 0.500. The molecule has 1 aromatic rings. The van der Waals surface area contributed by atoms with Gasteiger partial charge in [-0.05, 0) is 12.1 Å². The van der Waals surface area contributed by atoms with Gasteiger partial charge in [0, 0.05) is 16.6 Å². The lowest BCUT2D eigenvalue weighted by Gasteiger charge is -2.16. The molecule has 1 fully saturated rings. The zero-order chi connectivity index (χ0) is 13.1. The Morgan fingerprint density at radius 1 is 1.33 bits per heavy atom. The molecule has 0 radical (unpaired) electrons. The summed E-state index contributed by atoms with van der Waals surface area (Å²) in [5.74, 6) is 1.29. The van der Waals surface area contributed by atoms with Gasteiger partial charge in [-0.2, -0.15) is 0 Å².